The number of nitrogens with zero attached hydrogens (tertiary/aromatic N) is 3. The largest absolute Gasteiger partial charge is 0.416 e. The van der Waals surface area contributed by atoms with Gasteiger partial charge in [0.05, 0.1) is 11.3 Å². The first kappa shape index (κ1) is 19.7. The lowest BCUT2D eigenvalue weighted by atomic mass is 10.1. The minimum absolute atomic E-state index is 0. The normalized spacial score (nSPS) is 22.3. The minimum Gasteiger partial charge on any atom is -0.330 e. The van der Waals surface area contributed by atoms with Crippen molar-refractivity contribution >= 4 is 18.3 Å². The summed E-state index contributed by atoms with van der Waals surface area (Å²) in [6.07, 6.45) is -0.0124. The monoisotopic (exact) mass is 400 g/mol. The zero-order chi connectivity index (χ0) is 18.3. The summed E-state index contributed by atoms with van der Waals surface area (Å²) in [7, 11) is 0. The number of benzene rings is 1. The number of hydrogen-bond donors (Lipinski definition) is 1. The molecule has 2 saturated heterocycles. The van der Waals surface area contributed by atoms with Gasteiger partial charge in [-0.05, 0) is 50.1 Å². The number of rotatable bonds is 2. The number of amides is 1. The van der Waals surface area contributed by atoms with Crippen molar-refractivity contribution in [1.82, 2.24) is 20.0 Å². The van der Waals surface area contributed by atoms with E-state index in [9.17, 15) is 18.0 Å². The van der Waals surface area contributed by atoms with E-state index in [2.05, 4.69) is 10.4 Å². The van der Waals surface area contributed by atoms with E-state index < -0.39 is 11.7 Å². The zero-order valence-electron chi connectivity index (χ0n) is 14.4. The maximum atomic E-state index is 12.9. The van der Waals surface area contributed by atoms with E-state index in [0.29, 0.717) is 0 Å². The Labute approximate surface area is 160 Å². The third-order valence-corrected chi connectivity index (χ3v) is 5.13. The molecule has 2 aliphatic rings. The summed E-state index contributed by atoms with van der Waals surface area (Å²) in [6, 6.07) is 6.86. The highest BCUT2D eigenvalue weighted by molar-refractivity contribution is 5.93. The summed E-state index contributed by atoms with van der Waals surface area (Å²) in [5.74, 6) is -0.146. The maximum absolute atomic E-state index is 12.9. The number of aromatic nitrogens is 2. The summed E-state index contributed by atoms with van der Waals surface area (Å²) < 4.78 is 40.0. The topological polar surface area (TPSA) is 50.2 Å². The Balaban J connectivity index is 0.00000210. The van der Waals surface area contributed by atoms with Gasteiger partial charge in [0.1, 0.15) is 0 Å². The van der Waals surface area contributed by atoms with Crippen LogP contribution in [0.2, 0.25) is 0 Å². The summed E-state index contributed by atoms with van der Waals surface area (Å²) in [4.78, 5) is 14.8. The quantitative estimate of drug-likeness (QED) is 0.841. The fourth-order valence-corrected chi connectivity index (χ4v) is 3.85. The molecule has 0 radical (unpaired) electrons. The molecule has 0 spiro atoms. The van der Waals surface area contributed by atoms with E-state index in [1.165, 1.54) is 23.0 Å². The van der Waals surface area contributed by atoms with Crippen molar-refractivity contribution in [3.05, 3.63) is 47.8 Å². The van der Waals surface area contributed by atoms with Gasteiger partial charge in [-0.1, -0.05) is 6.07 Å². The van der Waals surface area contributed by atoms with Gasteiger partial charge in [-0.15, -0.1) is 12.4 Å². The van der Waals surface area contributed by atoms with Crippen molar-refractivity contribution in [2.24, 2.45) is 0 Å². The molecule has 27 heavy (non-hydrogen) atoms. The Morgan fingerprint density at radius 3 is 2.70 bits per heavy atom. The summed E-state index contributed by atoms with van der Waals surface area (Å²) >= 11 is 0. The van der Waals surface area contributed by atoms with Gasteiger partial charge in [-0.3, -0.25) is 4.79 Å². The third kappa shape index (κ3) is 3.82. The number of carbonyl (C=O) groups excluding carboxylic acids is 1. The Morgan fingerprint density at radius 1 is 1.15 bits per heavy atom. The lowest BCUT2D eigenvalue weighted by Crippen LogP contribution is -2.42. The van der Waals surface area contributed by atoms with Gasteiger partial charge >= 0.3 is 6.18 Å². The van der Waals surface area contributed by atoms with Crippen molar-refractivity contribution in [3.63, 3.8) is 0 Å². The van der Waals surface area contributed by atoms with Crippen LogP contribution in [0.5, 0.6) is 0 Å². The van der Waals surface area contributed by atoms with Crippen LogP contribution in [-0.4, -0.2) is 45.8 Å². The molecule has 2 bridgehead atoms. The minimum atomic E-state index is -4.42. The fraction of sp³-hybridized carbons (Fsp3) is 0.444. The van der Waals surface area contributed by atoms with Gasteiger partial charge in [0.25, 0.3) is 5.91 Å². The van der Waals surface area contributed by atoms with Crippen LogP contribution in [-0.2, 0) is 6.18 Å². The SMILES string of the molecule is Cl.O=C(c1ccn(-c2cccc(C(F)(F)F)c2)n1)N1C2CCNCC1CC2. The number of nitrogens with one attached hydrogen (secondary N) is 1. The van der Waals surface area contributed by atoms with Crippen LogP contribution in [0.25, 0.3) is 5.69 Å². The third-order valence-electron chi connectivity index (χ3n) is 5.13. The molecule has 9 heteroatoms. The van der Waals surface area contributed by atoms with Crippen molar-refractivity contribution in [3.8, 4) is 5.69 Å². The first-order valence-electron chi connectivity index (χ1n) is 8.70. The van der Waals surface area contributed by atoms with Gasteiger partial charge in [0, 0.05) is 24.8 Å². The van der Waals surface area contributed by atoms with Crippen molar-refractivity contribution in [2.75, 3.05) is 13.1 Å². The van der Waals surface area contributed by atoms with Gasteiger partial charge in [-0.2, -0.15) is 18.3 Å². The molecule has 2 atom stereocenters. The predicted molar refractivity (Wildman–Crippen MR) is 96.3 cm³/mol. The Hall–Kier alpha value is -2.06. The van der Waals surface area contributed by atoms with E-state index in [1.807, 2.05) is 4.90 Å². The molecule has 1 aromatic carbocycles. The number of fused-ring (bicyclic) bond motifs is 2. The zero-order valence-corrected chi connectivity index (χ0v) is 15.3. The molecule has 3 heterocycles. The summed E-state index contributed by atoms with van der Waals surface area (Å²) in [6.45, 7) is 1.67. The van der Waals surface area contributed by atoms with E-state index in [0.717, 1.165) is 44.5 Å². The molecule has 2 aromatic rings. The molecule has 5 nitrogen and oxygen atoms in total. The van der Waals surface area contributed by atoms with Crippen molar-refractivity contribution in [1.29, 1.82) is 0 Å². The Bertz CT molecular complexity index is 809. The molecule has 1 aromatic heterocycles. The number of halogens is 4. The Kier molecular flexibility index (Phi) is 5.48. The number of hydrogen-bond acceptors (Lipinski definition) is 3. The van der Waals surface area contributed by atoms with E-state index in [4.69, 9.17) is 0 Å². The second-order valence-electron chi connectivity index (χ2n) is 6.78. The van der Waals surface area contributed by atoms with Crippen LogP contribution < -0.4 is 5.32 Å². The standard InChI is InChI=1S/C18H19F3N4O.ClH/c19-18(20,21)12-2-1-3-14(10-12)24-9-7-16(23-24)17(26)25-13-4-5-15(25)11-22-8-6-13;/h1-3,7,9-10,13,15,22H,4-6,8,11H2;1H. The second-order valence-corrected chi connectivity index (χ2v) is 6.78. The van der Waals surface area contributed by atoms with Crippen LogP contribution in [0.15, 0.2) is 36.5 Å². The van der Waals surface area contributed by atoms with Gasteiger partial charge < -0.3 is 10.2 Å². The molecule has 4 rings (SSSR count). The van der Waals surface area contributed by atoms with Crippen LogP contribution in [0, 0.1) is 0 Å². The Morgan fingerprint density at radius 2 is 1.93 bits per heavy atom. The highest BCUT2D eigenvalue weighted by atomic mass is 35.5. The fourth-order valence-electron chi connectivity index (χ4n) is 3.85. The van der Waals surface area contributed by atoms with E-state index >= 15 is 0 Å². The smallest absolute Gasteiger partial charge is 0.330 e. The average Bonchev–Trinajstić information content (AvgIpc) is 3.18. The molecule has 1 amide bonds. The molecular weight excluding hydrogens is 381 g/mol. The lowest BCUT2D eigenvalue weighted by molar-refractivity contribution is -0.137. The first-order valence-corrected chi connectivity index (χ1v) is 8.70. The molecule has 2 fully saturated rings. The van der Waals surface area contributed by atoms with E-state index in [1.54, 1.807) is 6.07 Å². The van der Waals surface area contributed by atoms with Gasteiger partial charge in [-0.25, -0.2) is 4.68 Å². The average molecular weight is 401 g/mol. The molecule has 2 aliphatic heterocycles. The lowest BCUT2D eigenvalue weighted by Gasteiger charge is -2.27. The van der Waals surface area contributed by atoms with Gasteiger partial charge in [0.15, 0.2) is 5.69 Å². The molecule has 1 N–H and O–H groups in total. The predicted octanol–water partition coefficient (Wildman–Crippen LogP) is 3.28. The van der Waals surface area contributed by atoms with Crippen LogP contribution in [0.4, 0.5) is 13.2 Å². The van der Waals surface area contributed by atoms with Crippen LogP contribution in [0.3, 0.4) is 0 Å². The number of alkyl halides is 3. The molecule has 2 unspecified atom stereocenters. The van der Waals surface area contributed by atoms with E-state index in [-0.39, 0.29) is 41.8 Å². The van der Waals surface area contributed by atoms with Crippen molar-refractivity contribution < 1.29 is 18.0 Å². The summed E-state index contributed by atoms with van der Waals surface area (Å²) in [5, 5.41) is 7.58. The van der Waals surface area contributed by atoms with Gasteiger partial charge in [0.2, 0.25) is 0 Å². The first-order chi connectivity index (χ1) is 12.4. The summed E-state index contributed by atoms with van der Waals surface area (Å²) in [5.41, 5.74) is -0.199. The molecular formula is C18H20ClF3N4O. The van der Waals surface area contributed by atoms with Crippen LogP contribution >= 0.6 is 12.4 Å². The molecule has 0 saturated carbocycles. The number of carbonyl (C=O) groups is 1. The van der Waals surface area contributed by atoms with Crippen molar-refractivity contribution in [2.45, 2.75) is 37.5 Å². The van der Waals surface area contributed by atoms with Crippen LogP contribution in [0.1, 0.15) is 35.3 Å². The second kappa shape index (κ2) is 7.52. The highest BCUT2D eigenvalue weighted by Gasteiger charge is 2.39. The molecule has 0 aliphatic carbocycles. The highest BCUT2D eigenvalue weighted by Crippen LogP contribution is 2.31. The maximum Gasteiger partial charge on any atom is 0.416 e. The molecule has 146 valence electrons.